The van der Waals surface area contributed by atoms with Crippen LogP contribution in [-0.2, 0) is 4.74 Å². The molecule has 0 saturated carbocycles. The number of ether oxygens (including phenoxy) is 1. The van der Waals surface area contributed by atoms with E-state index in [-0.39, 0.29) is 0 Å². The fourth-order valence-electron chi connectivity index (χ4n) is 1.70. The van der Waals surface area contributed by atoms with Crippen molar-refractivity contribution >= 4 is 28.5 Å². The van der Waals surface area contributed by atoms with Crippen molar-refractivity contribution in [1.82, 2.24) is 9.97 Å². The molecule has 1 N–H and O–H groups in total. The second kappa shape index (κ2) is 5.07. The third-order valence-electron chi connectivity index (χ3n) is 2.44. The summed E-state index contributed by atoms with van der Waals surface area (Å²) >= 11 is 2.20. The number of nitrogens with one attached hydrogen (secondary N) is 1. The summed E-state index contributed by atoms with van der Waals surface area (Å²) in [5.41, 5.74) is 0. The summed E-state index contributed by atoms with van der Waals surface area (Å²) in [4.78, 5) is 8.45. The van der Waals surface area contributed by atoms with E-state index in [4.69, 9.17) is 4.74 Å². The Morgan fingerprint density at radius 2 is 2.20 bits per heavy atom. The Morgan fingerprint density at radius 3 is 2.87 bits per heavy atom. The maximum Gasteiger partial charge on any atom is 0.222 e. The lowest BCUT2D eigenvalue weighted by Gasteiger charge is -2.27. The van der Waals surface area contributed by atoms with Gasteiger partial charge in [0.25, 0.3) is 0 Å². The largest absolute Gasteiger partial charge is 0.378 e. The number of anilines is 1. The zero-order chi connectivity index (χ0) is 10.7. The molecule has 0 aliphatic carbocycles. The van der Waals surface area contributed by atoms with Crippen LogP contribution in [0.25, 0.3) is 0 Å². The minimum absolute atomic E-state index is 0.333. The Bertz CT molecular complexity index is 317. The molecule has 1 fully saturated rings. The zero-order valence-electron chi connectivity index (χ0n) is 8.61. The highest BCUT2D eigenvalue weighted by Crippen LogP contribution is 2.16. The lowest BCUT2D eigenvalue weighted by atomic mass is 10.0. The number of nitrogens with zero attached hydrogens (tertiary/aromatic N) is 2. The van der Waals surface area contributed by atoms with E-state index >= 15 is 0 Å². The summed E-state index contributed by atoms with van der Waals surface area (Å²) in [5.74, 6) is 0.717. The van der Waals surface area contributed by atoms with Crippen molar-refractivity contribution in [3.05, 3.63) is 16.0 Å². The average molecular weight is 319 g/mol. The maximum atomic E-state index is 5.48. The van der Waals surface area contributed by atoms with Crippen molar-refractivity contribution in [3.63, 3.8) is 0 Å². The van der Waals surface area contributed by atoms with Gasteiger partial charge in [-0.25, -0.2) is 9.97 Å². The van der Waals surface area contributed by atoms with Crippen molar-refractivity contribution < 1.29 is 4.74 Å². The highest BCUT2D eigenvalue weighted by Gasteiger charge is 2.19. The van der Waals surface area contributed by atoms with Crippen molar-refractivity contribution in [3.8, 4) is 0 Å². The molecule has 1 aromatic heterocycles. The van der Waals surface area contributed by atoms with Crippen LogP contribution < -0.4 is 5.32 Å². The number of aromatic nitrogens is 2. The molecule has 1 saturated heterocycles. The molecule has 4 nitrogen and oxygen atoms in total. The van der Waals surface area contributed by atoms with Gasteiger partial charge in [-0.15, -0.1) is 0 Å². The van der Waals surface area contributed by atoms with Crippen LogP contribution in [0.5, 0.6) is 0 Å². The average Bonchev–Trinajstić information content (AvgIpc) is 2.22. The monoisotopic (exact) mass is 319 g/mol. The summed E-state index contributed by atoms with van der Waals surface area (Å²) in [6.07, 6.45) is 6.02. The van der Waals surface area contributed by atoms with E-state index < -0.39 is 0 Å². The van der Waals surface area contributed by atoms with E-state index in [0.717, 1.165) is 29.0 Å². The molecule has 5 heteroatoms. The number of halogens is 1. The molecule has 0 radical (unpaired) electrons. The van der Waals surface area contributed by atoms with E-state index in [2.05, 4.69) is 44.8 Å². The van der Waals surface area contributed by atoms with Gasteiger partial charge in [-0.1, -0.05) is 0 Å². The van der Waals surface area contributed by atoms with Crippen LogP contribution in [0.3, 0.4) is 0 Å². The van der Waals surface area contributed by atoms with E-state index in [1.807, 2.05) is 12.4 Å². The second-order valence-corrected chi connectivity index (χ2v) is 5.02. The Kier molecular flexibility index (Phi) is 3.74. The van der Waals surface area contributed by atoms with Gasteiger partial charge in [0.1, 0.15) is 0 Å². The molecular weight excluding hydrogens is 305 g/mol. The first kappa shape index (κ1) is 11.1. The number of hydrogen-bond donors (Lipinski definition) is 1. The molecular formula is C10H14IN3O. The van der Waals surface area contributed by atoms with E-state index in [1.165, 1.54) is 0 Å². The minimum atomic E-state index is 0.333. The third kappa shape index (κ3) is 3.27. The number of hydrogen-bond acceptors (Lipinski definition) is 4. The Labute approximate surface area is 103 Å². The van der Waals surface area contributed by atoms with Gasteiger partial charge < -0.3 is 10.1 Å². The van der Waals surface area contributed by atoms with Crippen LogP contribution in [0.4, 0.5) is 5.95 Å². The highest BCUT2D eigenvalue weighted by molar-refractivity contribution is 14.1. The van der Waals surface area contributed by atoms with Gasteiger partial charge in [-0.2, -0.15) is 0 Å². The highest BCUT2D eigenvalue weighted by atomic mass is 127. The van der Waals surface area contributed by atoms with Gasteiger partial charge in [0, 0.05) is 28.6 Å². The lowest BCUT2D eigenvalue weighted by molar-refractivity contribution is 0.0231. The first-order valence-electron chi connectivity index (χ1n) is 5.10. The van der Waals surface area contributed by atoms with Crippen LogP contribution in [0.1, 0.15) is 19.8 Å². The predicted molar refractivity (Wildman–Crippen MR) is 66.8 cm³/mol. The van der Waals surface area contributed by atoms with Crippen LogP contribution >= 0.6 is 22.6 Å². The van der Waals surface area contributed by atoms with E-state index in [1.54, 1.807) is 0 Å². The fourth-order valence-corrected chi connectivity index (χ4v) is 1.98. The molecule has 15 heavy (non-hydrogen) atoms. The molecule has 2 atom stereocenters. The van der Waals surface area contributed by atoms with Crippen molar-refractivity contribution in [2.24, 2.45) is 0 Å². The van der Waals surface area contributed by atoms with Gasteiger partial charge in [-0.3, -0.25) is 0 Å². The van der Waals surface area contributed by atoms with E-state index in [0.29, 0.717) is 12.1 Å². The summed E-state index contributed by atoms with van der Waals surface area (Å²) in [6, 6.07) is 0.439. The maximum absolute atomic E-state index is 5.48. The molecule has 1 aliphatic heterocycles. The molecule has 0 spiro atoms. The smallest absolute Gasteiger partial charge is 0.222 e. The Hall–Kier alpha value is -0.430. The van der Waals surface area contributed by atoms with Crippen LogP contribution in [0.15, 0.2) is 12.4 Å². The van der Waals surface area contributed by atoms with Crippen LogP contribution in [-0.4, -0.2) is 28.7 Å². The quantitative estimate of drug-likeness (QED) is 0.848. The Morgan fingerprint density at radius 1 is 1.47 bits per heavy atom. The summed E-state index contributed by atoms with van der Waals surface area (Å²) in [7, 11) is 0. The van der Waals surface area contributed by atoms with Crippen LogP contribution in [0, 0.1) is 3.57 Å². The molecule has 0 aromatic carbocycles. The SMILES string of the molecule is CC1CC(Nc2ncc(I)cn2)CCO1. The van der Waals surface area contributed by atoms with Crippen molar-refractivity contribution in [2.45, 2.75) is 31.9 Å². The van der Waals surface area contributed by atoms with E-state index in [9.17, 15) is 0 Å². The lowest BCUT2D eigenvalue weighted by Crippen LogP contribution is -2.33. The van der Waals surface area contributed by atoms with Crippen molar-refractivity contribution in [1.29, 1.82) is 0 Å². The third-order valence-corrected chi connectivity index (χ3v) is 3.00. The van der Waals surface area contributed by atoms with Gasteiger partial charge in [0.2, 0.25) is 5.95 Å². The first-order valence-corrected chi connectivity index (χ1v) is 6.17. The fraction of sp³-hybridized carbons (Fsp3) is 0.600. The van der Waals surface area contributed by atoms with Gasteiger partial charge in [0.05, 0.1) is 6.10 Å². The van der Waals surface area contributed by atoms with Gasteiger partial charge in [-0.05, 0) is 42.4 Å². The molecule has 1 aromatic rings. The summed E-state index contributed by atoms with van der Waals surface area (Å²) in [5, 5.41) is 3.33. The predicted octanol–water partition coefficient (Wildman–Crippen LogP) is 2.06. The van der Waals surface area contributed by atoms with Crippen LogP contribution in [0.2, 0.25) is 0 Å². The minimum Gasteiger partial charge on any atom is -0.378 e. The standard InChI is InChI=1S/C10H14IN3O/c1-7-4-9(2-3-15-7)14-10-12-5-8(11)6-13-10/h5-7,9H,2-4H2,1H3,(H,12,13,14). The molecule has 2 unspecified atom stereocenters. The summed E-state index contributed by atoms with van der Waals surface area (Å²) in [6.45, 7) is 2.92. The molecule has 2 rings (SSSR count). The second-order valence-electron chi connectivity index (χ2n) is 3.77. The normalized spacial score (nSPS) is 26.3. The molecule has 0 bridgehead atoms. The Balaban J connectivity index is 1.93. The summed E-state index contributed by atoms with van der Waals surface area (Å²) < 4.78 is 6.54. The topological polar surface area (TPSA) is 47.0 Å². The number of rotatable bonds is 2. The zero-order valence-corrected chi connectivity index (χ0v) is 10.8. The molecule has 2 heterocycles. The van der Waals surface area contributed by atoms with Crippen molar-refractivity contribution in [2.75, 3.05) is 11.9 Å². The molecule has 0 amide bonds. The molecule has 1 aliphatic rings. The van der Waals surface area contributed by atoms with Gasteiger partial charge in [0.15, 0.2) is 0 Å². The van der Waals surface area contributed by atoms with Gasteiger partial charge >= 0.3 is 0 Å². The first-order chi connectivity index (χ1) is 7.24. The molecule has 82 valence electrons.